The van der Waals surface area contributed by atoms with Gasteiger partial charge in [0.2, 0.25) is 12.7 Å². The molecule has 1 aromatic carbocycles. The van der Waals surface area contributed by atoms with Gasteiger partial charge in [-0.3, -0.25) is 0 Å². The largest absolute Gasteiger partial charge is 0.487 e. The van der Waals surface area contributed by atoms with Gasteiger partial charge in [-0.2, -0.15) is 4.39 Å². The molecule has 0 aliphatic heterocycles. The SMILES string of the molecule is Cc1ccc(OC2CCC(C3CCC(C)CC3)CC2)c(F)c1F.FCF.[HH].[HH]. The zero-order valence-corrected chi connectivity index (χ0v) is 15.7. The van der Waals surface area contributed by atoms with Crippen LogP contribution in [0.15, 0.2) is 12.1 Å². The number of ether oxygens (including phenoxy) is 1. The summed E-state index contributed by atoms with van der Waals surface area (Å²) in [5.74, 6) is 1.02. The molecule has 3 rings (SSSR count). The quantitative estimate of drug-likeness (QED) is 0.498. The molecule has 1 nitrogen and oxygen atoms in total. The van der Waals surface area contributed by atoms with E-state index in [2.05, 4.69) is 6.92 Å². The predicted octanol–water partition coefficient (Wildman–Crippen LogP) is 7.41. The Morgan fingerprint density at radius 1 is 0.885 bits per heavy atom. The molecule has 0 radical (unpaired) electrons. The Balaban J connectivity index is 0.00000137. The van der Waals surface area contributed by atoms with Gasteiger partial charge < -0.3 is 4.74 Å². The molecule has 2 aliphatic carbocycles. The minimum absolute atomic E-state index is 0. The highest BCUT2D eigenvalue weighted by atomic mass is 19.3. The molecule has 1 aromatic rings. The lowest BCUT2D eigenvalue weighted by atomic mass is 9.71. The van der Waals surface area contributed by atoms with Crippen LogP contribution in [0.4, 0.5) is 17.6 Å². The molecule has 0 amide bonds. The van der Waals surface area contributed by atoms with Gasteiger partial charge in [-0.05, 0) is 74.8 Å². The highest BCUT2D eigenvalue weighted by molar-refractivity contribution is 5.30. The monoisotopic (exact) mass is 378 g/mol. The molecule has 152 valence electrons. The van der Waals surface area contributed by atoms with Crippen LogP contribution < -0.4 is 4.74 Å². The van der Waals surface area contributed by atoms with Crippen molar-refractivity contribution in [3.05, 3.63) is 29.3 Å². The molecule has 0 saturated heterocycles. The van der Waals surface area contributed by atoms with E-state index in [0.717, 1.165) is 30.6 Å². The van der Waals surface area contributed by atoms with Crippen LogP contribution in [0.5, 0.6) is 5.75 Å². The van der Waals surface area contributed by atoms with E-state index in [0.29, 0.717) is 5.56 Å². The fourth-order valence-corrected chi connectivity index (χ4v) is 4.33. The number of benzene rings is 1. The summed E-state index contributed by atoms with van der Waals surface area (Å²) in [5.41, 5.74) is 0.324. The van der Waals surface area contributed by atoms with E-state index in [-0.39, 0.29) is 14.7 Å². The van der Waals surface area contributed by atoms with Crippen LogP contribution in [0.1, 0.15) is 66.7 Å². The van der Waals surface area contributed by atoms with E-state index >= 15 is 0 Å². The first-order chi connectivity index (χ1) is 12.5. The summed E-state index contributed by atoms with van der Waals surface area (Å²) < 4.78 is 52.6. The molecule has 0 atom stereocenters. The Hall–Kier alpha value is -1.26. The Bertz CT molecular complexity index is 558. The van der Waals surface area contributed by atoms with E-state index in [4.69, 9.17) is 4.74 Å². The summed E-state index contributed by atoms with van der Waals surface area (Å²) in [5, 5.41) is 0. The van der Waals surface area contributed by atoms with Crippen molar-refractivity contribution in [1.82, 2.24) is 0 Å². The molecule has 0 aromatic heterocycles. The summed E-state index contributed by atoms with van der Waals surface area (Å²) in [6.45, 7) is 2.18. The smallest absolute Gasteiger partial charge is 0.229 e. The molecule has 5 heteroatoms. The van der Waals surface area contributed by atoms with Crippen LogP contribution in [0.25, 0.3) is 0 Å². The topological polar surface area (TPSA) is 9.23 Å². The zero-order valence-electron chi connectivity index (χ0n) is 15.7. The van der Waals surface area contributed by atoms with E-state index in [1.165, 1.54) is 38.5 Å². The number of hydrogen-bond donors (Lipinski definition) is 0. The molecule has 0 unspecified atom stereocenters. The van der Waals surface area contributed by atoms with Crippen LogP contribution in [0, 0.1) is 36.3 Å². The van der Waals surface area contributed by atoms with Gasteiger partial charge in [0.1, 0.15) is 0 Å². The molecular weight excluding hydrogens is 344 g/mol. The molecule has 2 saturated carbocycles. The zero-order chi connectivity index (χ0) is 19.1. The fourth-order valence-electron chi connectivity index (χ4n) is 4.33. The summed E-state index contributed by atoms with van der Waals surface area (Å²) in [6, 6.07) is 3.14. The maximum atomic E-state index is 13.9. The third-order valence-electron chi connectivity index (χ3n) is 5.98. The van der Waals surface area contributed by atoms with Gasteiger partial charge in [-0.15, -0.1) is 0 Å². The molecule has 2 fully saturated rings. The first-order valence-corrected chi connectivity index (χ1v) is 9.69. The number of rotatable bonds is 3. The Morgan fingerprint density at radius 2 is 1.38 bits per heavy atom. The van der Waals surface area contributed by atoms with E-state index in [9.17, 15) is 17.6 Å². The summed E-state index contributed by atoms with van der Waals surface area (Å²) >= 11 is 0. The number of alkyl halides is 2. The molecule has 0 spiro atoms. The van der Waals surface area contributed by atoms with Crippen molar-refractivity contribution < 1.29 is 25.2 Å². The van der Waals surface area contributed by atoms with Crippen LogP contribution >= 0.6 is 0 Å². The minimum Gasteiger partial charge on any atom is -0.487 e. The lowest BCUT2D eigenvalue weighted by Gasteiger charge is -2.37. The Morgan fingerprint density at radius 3 is 1.92 bits per heavy atom. The van der Waals surface area contributed by atoms with Gasteiger partial charge in [0.25, 0.3) is 0 Å². The average Bonchev–Trinajstić information content (AvgIpc) is 2.64. The molecule has 26 heavy (non-hydrogen) atoms. The van der Waals surface area contributed by atoms with Crippen molar-refractivity contribution in [3.8, 4) is 5.75 Å². The lowest BCUT2D eigenvalue weighted by Crippen LogP contribution is -2.29. The van der Waals surface area contributed by atoms with Crippen LogP contribution in [0.2, 0.25) is 0 Å². The number of halogens is 4. The summed E-state index contributed by atoms with van der Waals surface area (Å²) in [4.78, 5) is 0. The van der Waals surface area contributed by atoms with Crippen molar-refractivity contribution in [2.75, 3.05) is 6.93 Å². The Labute approximate surface area is 157 Å². The summed E-state index contributed by atoms with van der Waals surface area (Å²) in [7, 11) is 0. The molecule has 2 aliphatic rings. The van der Waals surface area contributed by atoms with Crippen LogP contribution in [-0.2, 0) is 0 Å². The third-order valence-corrected chi connectivity index (χ3v) is 5.98. The average molecular weight is 378 g/mol. The highest BCUT2D eigenvalue weighted by Crippen LogP contribution is 2.40. The maximum Gasteiger partial charge on any atom is 0.229 e. The minimum atomic E-state index is -1.75. The van der Waals surface area contributed by atoms with Gasteiger partial charge in [0.15, 0.2) is 11.6 Å². The second kappa shape index (κ2) is 10.2. The molecular formula is C21H34F4O. The second-order valence-electron chi connectivity index (χ2n) is 7.78. The van der Waals surface area contributed by atoms with Crippen LogP contribution in [-0.4, -0.2) is 13.0 Å². The Kier molecular flexibility index (Phi) is 8.23. The number of aryl methyl sites for hydroxylation is 1. The second-order valence-corrected chi connectivity index (χ2v) is 7.78. The number of hydrogen-bond acceptors (Lipinski definition) is 1. The molecule has 0 heterocycles. The summed E-state index contributed by atoms with van der Waals surface area (Å²) in [6.07, 6.45) is 9.77. The van der Waals surface area contributed by atoms with Crippen molar-refractivity contribution in [2.24, 2.45) is 17.8 Å². The van der Waals surface area contributed by atoms with Crippen LogP contribution in [0.3, 0.4) is 0 Å². The van der Waals surface area contributed by atoms with E-state index in [1.807, 2.05) is 0 Å². The first-order valence-electron chi connectivity index (χ1n) is 9.69. The van der Waals surface area contributed by atoms with Gasteiger partial charge >= 0.3 is 0 Å². The molecule has 0 N–H and O–H groups in total. The third kappa shape index (κ3) is 5.62. The standard InChI is InChI=1S/C20H28F2O.CH2F2.2H2/c1-13-3-6-15(7-4-13)16-8-10-17(11-9-16)23-18-12-5-14(2)19(21)20(18)22;2-1-3;;/h5,12-13,15-17H,3-4,6-11H2,1-2H3;1H2;2*1H. The van der Waals surface area contributed by atoms with Gasteiger partial charge in [-0.25, -0.2) is 13.2 Å². The van der Waals surface area contributed by atoms with Crippen molar-refractivity contribution in [3.63, 3.8) is 0 Å². The van der Waals surface area contributed by atoms with Gasteiger partial charge in [0, 0.05) is 2.85 Å². The first kappa shape index (κ1) is 21.0. The fraction of sp³-hybridized carbons (Fsp3) is 0.714. The molecule has 0 bridgehead atoms. The predicted molar refractivity (Wildman–Crippen MR) is 99.9 cm³/mol. The van der Waals surface area contributed by atoms with Gasteiger partial charge in [0.05, 0.1) is 6.10 Å². The van der Waals surface area contributed by atoms with E-state index in [1.54, 1.807) is 19.1 Å². The van der Waals surface area contributed by atoms with E-state index < -0.39 is 18.6 Å². The van der Waals surface area contributed by atoms with Gasteiger partial charge in [-0.1, -0.05) is 25.8 Å². The van der Waals surface area contributed by atoms with Crippen molar-refractivity contribution >= 4 is 0 Å². The maximum absolute atomic E-state index is 13.9. The lowest BCUT2D eigenvalue weighted by molar-refractivity contribution is 0.0902. The highest BCUT2D eigenvalue weighted by Gasteiger charge is 2.31. The van der Waals surface area contributed by atoms with Crippen molar-refractivity contribution in [2.45, 2.75) is 71.3 Å². The van der Waals surface area contributed by atoms with Crippen molar-refractivity contribution in [1.29, 1.82) is 0 Å². The normalized spacial score (nSPS) is 28.8.